The second-order valence-corrected chi connectivity index (χ2v) is 5.31. The molecular weight excluding hydrogens is 190 g/mol. The third-order valence-corrected chi connectivity index (χ3v) is 3.54. The summed E-state index contributed by atoms with van der Waals surface area (Å²) in [6, 6.07) is 0. The van der Waals surface area contributed by atoms with E-state index in [1.165, 1.54) is 12.8 Å². The molecule has 90 valence electrons. The topological polar surface area (TPSA) is 44.5 Å². The van der Waals surface area contributed by atoms with E-state index >= 15 is 0 Å². The summed E-state index contributed by atoms with van der Waals surface area (Å²) >= 11 is 0. The number of hydrogen-bond donors (Lipinski definition) is 1. The van der Waals surface area contributed by atoms with Gasteiger partial charge < -0.3 is 15.2 Å². The molecule has 0 aromatic heterocycles. The molecule has 0 aromatic carbocycles. The smallest absolute Gasteiger partial charge is 0.147 e. The van der Waals surface area contributed by atoms with E-state index in [4.69, 9.17) is 15.2 Å². The molecule has 0 bridgehead atoms. The Kier molecular flexibility index (Phi) is 4.56. The van der Waals surface area contributed by atoms with Crippen LogP contribution in [0, 0.1) is 5.41 Å². The van der Waals surface area contributed by atoms with Crippen molar-refractivity contribution in [3.05, 3.63) is 0 Å². The Bertz CT molecular complexity index is 182. The van der Waals surface area contributed by atoms with Crippen molar-refractivity contribution in [2.24, 2.45) is 11.1 Å². The third kappa shape index (κ3) is 3.74. The Morgan fingerprint density at radius 2 is 1.73 bits per heavy atom. The molecule has 1 aliphatic rings. The van der Waals surface area contributed by atoms with Crippen LogP contribution < -0.4 is 5.73 Å². The minimum atomic E-state index is -0.120. The van der Waals surface area contributed by atoms with Crippen LogP contribution in [0.4, 0.5) is 0 Å². The molecule has 0 amide bonds. The van der Waals surface area contributed by atoms with E-state index in [0.29, 0.717) is 25.4 Å². The first-order valence-electron chi connectivity index (χ1n) is 5.95. The van der Waals surface area contributed by atoms with Crippen molar-refractivity contribution in [1.29, 1.82) is 0 Å². The number of ether oxygens (including phenoxy) is 2. The van der Waals surface area contributed by atoms with E-state index < -0.39 is 0 Å². The first-order valence-corrected chi connectivity index (χ1v) is 5.95. The summed E-state index contributed by atoms with van der Waals surface area (Å²) in [5.74, 6) is 0. The van der Waals surface area contributed by atoms with Gasteiger partial charge in [-0.15, -0.1) is 0 Å². The van der Waals surface area contributed by atoms with Crippen molar-refractivity contribution in [3.63, 3.8) is 0 Å². The maximum Gasteiger partial charge on any atom is 0.147 e. The Hall–Kier alpha value is -0.120. The van der Waals surface area contributed by atoms with Crippen molar-refractivity contribution in [1.82, 2.24) is 0 Å². The van der Waals surface area contributed by atoms with Gasteiger partial charge in [-0.2, -0.15) is 0 Å². The number of rotatable bonds is 5. The summed E-state index contributed by atoms with van der Waals surface area (Å²) in [6.45, 7) is 8.30. The Labute approximate surface area is 93.3 Å². The van der Waals surface area contributed by atoms with E-state index in [0.717, 1.165) is 12.8 Å². The fourth-order valence-corrected chi connectivity index (χ4v) is 2.04. The lowest BCUT2D eigenvalue weighted by Crippen LogP contribution is -2.46. The van der Waals surface area contributed by atoms with Crippen molar-refractivity contribution < 1.29 is 9.47 Å². The van der Waals surface area contributed by atoms with Gasteiger partial charge in [0.15, 0.2) is 0 Å². The van der Waals surface area contributed by atoms with Gasteiger partial charge in [0.2, 0.25) is 0 Å². The van der Waals surface area contributed by atoms with Gasteiger partial charge >= 0.3 is 0 Å². The van der Waals surface area contributed by atoms with E-state index in [2.05, 4.69) is 13.8 Å². The first kappa shape index (κ1) is 12.9. The van der Waals surface area contributed by atoms with Crippen LogP contribution in [0.2, 0.25) is 0 Å². The normalized spacial score (nSPS) is 24.0. The van der Waals surface area contributed by atoms with Gasteiger partial charge in [0.25, 0.3) is 0 Å². The molecule has 0 atom stereocenters. The second-order valence-electron chi connectivity index (χ2n) is 5.31. The molecule has 0 aliphatic heterocycles. The molecule has 0 saturated heterocycles. The molecular formula is C12H25NO2. The molecule has 2 N–H and O–H groups in total. The summed E-state index contributed by atoms with van der Waals surface area (Å²) in [5, 5.41) is 0. The van der Waals surface area contributed by atoms with Crippen LogP contribution in [0.1, 0.15) is 46.5 Å². The highest BCUT2D eigenvalue weighted by atomic mass is 16.7. The van der Waals surface area contributed by atoms with E-state index in [1.54, 1.807) is 0 Å². The van der Waals surface area contributed by atoms with Crippen LogP contribution in [-0.4, -0.2) is 25.5 Å². The number of hydrogen-bond acceptors (Lipinski definition) is 3. The third-order valence-electron chi connectivity index (χ3n) is 3.54. The Balaban J connectivity index is 2.41. The summed E-state index contributed by atoms with van der Waals surface area (Å²) < 4.78 is 11.0. The Morgan fingerprint density at radius 1 is 1.13 bits per heavy atom. The summed E-state index contributed by atoms with van der Waals surface area (Å²) in [4.78, 5) is 0. The molecule has 3 heteroatoms. The van der Waals surface area contributed by atoms with Crippen LogP contribution in [0.25, 0.3) is 0 Å². The maximum absolute atomic E-state index is 5.83. The van der Waals surface area contributed by atoms with Gasteiger partial charge in [0, 0.05) is 13.2 Å². The van der Waals surface area contributed by atoms with Crippen LogP contribution in [-0.2, 0) is 9.47 Å². The molecule has 1 saturated carbocycles. The molecule has 1 aliphatic carbocycles. The molecule has 0 aromatic rings. The van der Waals surface area contributed by atoms with Gasteiger partial charge in [0.1, 0.15) is 6.79 Å². The predicted molar refractivity (Wildman–Crippen MR) is 61.6 cm³/mol. The van der Waals surface area contributed by atoms with Crippen molar-refractivity contribution in [3.8, 4) is 0 Å². The lowest BCUT2D eigenvalue weighted by atomic mass is 9.71. The van der Waals surface area contributed by atoms with Gasteiger partial charge in [-0.25, -0.2) is 0 Å². The average Bonchev–Trinajstić information content (AvgIpc) is 2.22. The fraction of sp³-hybridized carbons (Fsp3) is 1.00. The highest BCUT2D eigenvalue weighted by molar-refractivity contribution is 4.91. The highest BCUT2D eigenvalue weighted by Gasteiger charge is 2.38. The van der Waals surface area contributed by atoms with Crippen molar-refractivity contribution in [2.45, 2.75) is 52.1 Å². The molecule has 1 rings (SSSR count). The predicted octanol–water partition coefficient (Wildman–Crippen LogP) is 2.29. The summed E-state index contributed by atoms with van der Waals surface area (Å²) in [6.07, 6.45) is 4.50. The van der Waals surface area contributed by atoms with Crippen molar-refractivity contribution in [2.75, 3.05) is 19.9 Å². The van der Waals surface area contributed by atoms with E-state index in [1.807, 2.05) is 6.92 Å². The van der Waals surface area contributed by atoms with Gasteiger partial charge in [0.05, 0.1) is 5.60 Å². The number of nitrogens with two attached hydrogens (primary N) is 1. The first-order chi connectivity index (χ1) is 7.04. The monoisotopic (exact) mass is 215 g/mol. The van der Waals surface area contributed by atoms with Crippen LogP contribution in [0.3, 0.4) is 0 Å². The Morgan fingerprint density at radius 3 is 2.20 bits per heavy atom. The molecule has 3 nitrogen and oxygen atoms in total. The van der Waals surface area contributed by atoms with Gasteiger partial charge in [-0.1, -0.05) is 13.8 Å². The standard InChI is InChI=1S/C12H25NO2/c1-4-14-10-15-12(9-13)7-5-11(2,3)6-8-12/h4-10,13H2,1-3H3. The molecule has 0 heterocycles. The highest BCUT2D eigenvalue weighted by Crippen LogP contribution is 2.41. The van der Waals surface area contributed by atoms with Crippen LogP contribution in [0.15, 0.2) is 0 Å². The molecule has 0 radical (unpaired) electrons. The summed E-state index contributed by atoms with van der Waals surface area (Å²) in [5.41, 5.74) is 6.16. The molecule has 15 heavy (non-hydrogen) atoms. The molecule has 0 spiro atoms. The van der Waals surface area contributed by atoms with Gasteiger partial charge in [-0.3, -0.25) is 0 Å². The zero-order valence-corrected chi connectivity index (χ0v) is 10.3. The van der Waals surface area contributed by atoms with Gasteiger partial charge in [-0.05, 0) is 38.0 Å². The minimum absolute atomic E-state index is 0.120. The zero-order valence-electron chi connectivity index (χ0n) is 10.3. The molecule has 1 fully saturated rings. The zero-order chi connectivity index (χ0) is 11.4. The lowest BCUT2D eigenvalue weighted by molar-refractivity contribution is -0.157. The quantitative estimate of drug-likeness (QED) is 0.565. The van der Waals surface area contributed by atoms with Crippen LogP contribution >= 0.6 is 0 Å². The van der Waals surface area contributed by atoms with Crippen LogP contribution in [0.5, 0.6) is 0 Å². The molecule has 0 unspecified atom stereocenters. The average molecular weight is 215 g/mol. The summed E-state index contributed by atoms with van der Waals surface area (Å²) in [7, 11) is 0. The van der Waals surface area contributed by atoms with E-state index in [9.17, 15) is 0 Å². The largest absolute Gasteiger partial charge is 0.356 e. The SMILES string of the molecule is CCOCOC1(CN)CCC(C)(C)CC1. The van der Waals surface area contributed by atoms with E-state index in [-0.39, 0.29) is 5.60 Å². The maximum atomic E-state index is 5.83. The fourth-order valence-electron chi connectivity index (χ4n) is 2.04. The van der Waals surface area contributed by atoms with Crippen molar-refractivity contribution >= 4 is 0 Å². The second kappa shape index (κ2) is 5.28. The lowest BCUT2D eigenvalue weighted by Gasteiger charge is -2.42. The minimum Gasteiger partial charge on any atom is -0.356 e.